The van der Waals surface area contributed by atoms with Crippen molar-refractivity contribution in [1.82, 2.24) is 29.6 Å². The molecule has 1 unspecified atom stereocenters. The molecule has 0 fully saturated rings. The molecule has 4 aromatic rings. The number of hydrogen-bond donors (Lipinski definition) is 1. The van der Waals surface area contributed by atoms with E-state index in [0.29, 0.717) is 10.9 Å². The molecular formula is C21H19BrN6O2. The number of benzene rings is 2. The zero-order chi connectivity index (χ0) is 21.1. The third-order valence-corrected chi connectivity index (χ3v) is 5.31. The molecule has 0 saturated carbocycles. The van der Waals surface area contributed by atoms with Crippen molar-refractivity contribution in [2.45, 2.75) is 25.9 Å². The lowest BCUT2D eigenvalue weighted by atomic mass is 10.1. The van der Waals surface area contributed by atoms with Gasteiger partial charge in [-0.1, -0.05) is 28.1 Å². The first-order valence-electron chi connectivity index (χ1n) is 9.40. The lowest BCUT2D eigenvalue weighted by Gasteiger charge is -2.15. The summed E-state index contributed by atoms with van der Waals surface area (Å²) in [6, 6.07) is 12.9. The normalized spacial score (nSPS) is 12.1. The van der Waals surface area contributed by atoms with Crippen LogP contribution in [0.1, 0.15) is 24.9 Å². The molecule has 2 aromatic heterocycles. The Morgan fingerprint density at radius 2 is 1.97 bits per heavy atom. The topological polar surface area (TPSA) is 94.7 Å². The van der Waals surface area contributed by atoms with Gasteiger partial charge >= 0.3 is 0 Å². The maximum Gasteiger partial charge on any atom is 0.261 e. The number of aryl methyl sites for hydroxylation is 1. The molecule has 0 radical (unpaired) electrons. The van der Waals surface area contributed by atoms with Gasteiger partial charge in [0.1, 0.15) is 12.7 Å². The molecule has 9 heteroatoms. The summed E-state index contributed by atoms with van der Waals surface area (Å²) in [4.78, 5) is 33.3. The van der Waals surface area contributed by atoms with Crippen molar-refractivity contribution >= 4 is 32.7 Å². The Labute approximate surface area is 180 Å². The van der Waals surface area contributed by atoms with Crippen molar-refractivity contribution in [2.24, 2.45) is 0 Å². The largest absolute Gasteiger partial charge is 0.350 e. The lowest BCUT2D eigenvalue weighted by Crippen LogP contribution is -2.29. The minimum absolute atomic E-state index is 0.135. The monoisotopic (exact) mass is 466 g/mol. The zero-order valence-corrected chi connectivity index (χ0v) is 17.8. The van der Waals surface area contributed by atoms with Crippen LogP contribution in [0.4, 0.5) is 0 Å². The molecule has 1 N–H and O–H groups in total. The van der Waals surface area contributed by atoms with Gasteiger partial charge in [0.2, 0.25) is 5.91 Å². The van der Waals surface area contributed by atoms with Crippen LogP contribution in [0.2, 0.25) is 0 Å². The van der Waals surface area contributed by atoms with Gasteiger partial charge in [-0.05, 0) is 42.8 Å². The van der Waals surface area contributed by atoms with E-state index >= 15 is 0 Å². The molecule has 2 aromatic carbocycles. The summed E-state index contributed by atoms with van der Waals surface area (Å²) in [5.41, 5.74) is 2.34. The number of amides is 1. The SMILES string of the molecule is CC(NC(=O)CCn1cnc2ccc(Br)cc2c1=O)c1ccc(-n2cncn2)cc1. The zero-order valence-electron chi connectivity index (χ0n) is 16.2. The van der Waals surface area contributed by atoms with Crippen LogP contribution in [0.25, 0.3) is 16.6 Å². The first-order chi connectivity index (χ1) is 14.5. The van der Waals surface area contributed by atoms with Crippen molar-refractivity contribution in [3.05, 3.63) is 81.8 Å². The Morgan fingerprint density at radius 1 is 1.17 bits per heavy atom. The van der Waals surface area contributed by atoms with Gasteiger partial charge in [0.05, 0.1) is 29.0 Å². The van der Waals surface area contributed by atoms with E-state index in [1.54, 1.807) is 23.1 Å². The van der Waals surface area contributed by atoms with Crippen LogP contribution in [-0.2, 0) is 11.3 Å². The van der Waals surface area contributed by atoms with E-state index in [2.05, 4.69) is 36.3 Å². The number of rotatable bonds is 6. The predicted octanol–water partition coefficient (Wildman–Crippen LogP) is 3.01. The fourth-order valence-corrected chi connectivity index (χ4v) is 3.53. The quantitative estimate of drug-likeness (QED) is 0.471. The van der Waals surface area contributed by atoms with Crippen LogP contribution in [0.3, 0.4) is 0 Å². The van der Waals surface area contributed by atoms with Gasteiger partial charge in [0, 0.05) is 17.4 Å². The fourth-order valence-electron chi connectivity index (χ4n) is 3.17. The number of nitrogens with one attached hydrogen (secondary N) is 1. The highest BCUT2D eigenvalue weighted by molar-refractivity contribution is 9.10. The highest BCUT2D eigenvalue weighted by atomic mass is 79.9. The molecule has 2 heterocycles. The minimum Gasteiger partial charge on any atom is -0.350 e. The second-order valence-corrected chi connectivity index (χ2v) is 7.79. The second-order valence-electron chi connectivity index (χ2n) is 6.88. The third-order valence-electron chi connectivity index (χ3n) is 4.82. The number of aromatic nitrogens is 5. The first-order valence-corrected chi connectivity index (χ1v) is 10.2. The molecule has 0 aliphatic heterocycles. The summed E-state index contributed by atoms with van der Waals surface area (Å²) in [5.74, 6) is -0.135. The average Bonchev–Trinajstić information content (AvgIpc) is 3.29. The van der Waals surface area contributed by atoms with E-state index < -0.39 is 0 Å². The molecule has 0 bridgehead atoms. The van der Waals surface area contributed by atoms with Gasteiger partial charge in [0.25, 0.3) is 5.56 Å². The summed E-state index contributed by atoms with van der Waals surface area (Å²) in [6.07, 6.45) is 4.77. The van der Waals surface area contributed by atoms with E-state index in [4.69, 9.17) is 0 Å². The Hall–Kier alpha value is -3.33. The Bertz CT molecular complexity index is 1230. The van der Waals surface area contributed by atoms with Crippen molar-refractivity contribution in [2.75, 3.05) is 0 Å². The standard InChI is InChI=1S/C21H19BrN6O2/c1-14(15-2-5-17(6-3-15)28-12-23-11-25-28)26-20(29)8-9-27-13-24-19-7-4-16(22)10-18(19)21(27)30/h2-7,10-14H,8-9H2,1H3,(H,26,29). The number of fused-ring (bicyclic) bond motifs is 1. The van der Waals surface area contributed by atoms with E-state index in [-0.39, 0.29) is 30.5 Å². The minimum atomic E-state index is -0.162. The smallest absolute Gasteiger partial charge is 0.261 e. The molecule has 0 saturated heterocycles. The number of nitrogens with zero attached hydrogens (tertiary/aromatic N) is 5. The maximum atomic E-state index is 12.6. The van der Waals surface area contributed by atoms with E-state index in [1.807, 2.05) is 37.3 Å². The average molecular weight is 467 g/mol. The van der Waals surface area contributed by atoms with Crippen LogP contribution in [0.15, 0.2) is 70.7 Å². The van der Waals surface area contributed by atoms with Crippen LogP contribution in [0, 0.1) is 0 Å². The molecule has 1 amide bonds. The highest BCUT2D eigenvalue weighted by Gasteiger charge is 2.11. The summed E-state index contributed by atoms with van der Waals surface area (Å²) in [5, 5.41) is 7.58. The Balaban J connectivity index is 1.38. The van der Waals surface area contributed by atoms with Gasteiger partial charge in [-0.3, -0.25) is 14.2 Å². The number of halogens is 1. The van der Waals surface area contributed by atoms with Crippen LogP contribution in [0.5, 0.6) is 0 Å². The van der Waals surface area contributed by atoms with Gasteiger partial charge in [0.15, 0.2) is 0 Å². The summed E-state index contributed by atoms with van der Waals surface area (Å²) in [7, 11) is 0. The molecule has 30 heavy (non-hydrogen) atoms. The molecular weight excluding hydrogens is 448 g/mol. The summed E-state index contributed by atoms with van der Waals surface area (Å²) in [6.45, 7) is 2.18. The number of carbonyl (C=O) groups is 1. The van der Waals surface area contributed by atoms with Crippen molar-refractivity contribution < 1.29 is 4.79 Å². The van der Waals surface area contributed by atoms with E-state index in [9.17, 15) is 9.59 Å². The molecule has 152 valence electrons. The van der Waals surface area contributed by atoms with Crippen molar-refractivity contribution in [3.63, 3.8) is 0 Å². The van der Waals surface area contributed by atoms with Crippen molar-refractivity contribution in [1.29, 1.82) is 0 Å². The highest BCUT2D eigenvalue weighted by Crippen LogP contribution is 2.16. The molecule has 0 spiro atoms. The molecule has 1 atom stereocenters. The van der Waals surface area contributed by atoms with Gasteiger partial charge in [-0.2, -0.15) is 5.10 Å². The van der Waals surface area contributed by atoms with Crippen molar-refractivity contribution in [3.8, 4) is 5.69 Å². The van der Waals surface area contributed by atoms with E-state index in [1.165, 1.54) is 17.2 Å². The summed E-state index contributed by atoms with van der Waals surface area (Å²) >= 11 is 3.37. The Morgan fingerprint density at radius 3 is 2.70 bits per heavy atom. The van der Waals surface area contributed by atoms with Gasteiger partial charge in [-0.15, -0.1) is 0 Å². The van der Waals surface area contributed by atoms with Gasteiger partial charge in [-0.25, -0.2) is 14.6 Å². The fraction of sp³-hybridized carbons (Fsp3) is 0.190. The third kappa shape index (κ3) is 4.30. The first kappa shape index (κ1) is 20.0. The second kappa shape index (κ2) is 8.58. The summed E-state index contributed by atoms with van der Waals surface area (Å²) < 4.78 is 3.94. The molecule has 8 nitrogen and oxygen atoms in total. The maximum absolute atomic E-state index is 12.6. The van der Waals surface area contributed by atoms with Crippen LogP contribution < -0.4 is 10.9 Å². The predicted molar refractivity (Wildman–Crippen MR) is 116 cm³/mol. The van der Waals surface area contributed by atoms with E-state index in [0.717, 1.165) is 15.7 Å². The van der Waals surface area contributed by atoms with Crippen LogP contribution >= 0.6 is 15.9 Å². The Kier molecular flexibility index (Phi) is 5.71. The number of carbonyl (C=O) groups excluding carboxylic acids is 1. The lowest BCUT2D eigenvalue weighted by molar-refractivity contribution is -0.121. The van der Waals surface area contributed by atoms with Gasteiger partial charge < -0.3 is 5.32 Å². The molecule has 4 rings (SSSR count). The molecule has 0 aliphatic carbocycles. The number of hydrogen-bond acceptors (Lipinski definition) is 5. The van der Waals surface area contributed by atoms with Crippen LogP contribution in [-0.4, -0.2) is 30.2 Å². The molecule has 0 aliphatic rings.